The van der Waals surface area contributed by atoms with Gasteiger partial charge in [0.2, 0.25) is 11.7 Å². The number of nitrogens with one attached hydrogen (secondary N) is 1. The smallest absolute Gasteiger partial charge is 0.316 e. The van der Waals surface area contributed by atoms with Gasteiger partial charge in [0.25, 0.3) is 0 Å². The molecular weight excluding hydrogens is 352 g/mol. The van der Waals surface area contributed by atoms with E-state index in [0.717, 1.165) is 28.9 Å². The third kappa shape index (κ3) is 4.13. The standard InChI is InChI=1S/C20H19F2N3O2/c1-12-4-5-13(2)17(8-12)23-20-24-19(26)18(27-3)11-25(20)10-14-6-7-15(21)16(22)9-14/h4-9,11H,10H2,1-3H3,(H,23,24,26). The number of hydrogen-bond donors (Lipinski definition) is 1. The Morgan fingerprint density at radius 2 is 1.89 bits per heavy atom. The van der Waals surface area contributed by atoms with Crippen molar-refractivity contribution in [2.45, 2.75) is 20.4 Å². The highest BCUT2D eigenvalue weighted by molar-refractivity contribution is 5.59. The van der Waals surface area contributed by atoms with Gasteiger partial charge in [0, 0.05) is 5.69 Å². The Kier molecular flexibility index (Phi) is 5.21. The van der Waals surface area contributed by atoms with Gasteiger partial charge in [-0.25, -0.2) is 8.78 Å². The van der Waals surface area contributed by atoms with Gasteiger partial charge in [0.1, 0.15) is 0 Å². The molecule has 0 aliphatic heterocycles. The Hall–Kier alpha value is -3.22. The summed E-state index contributed by atoms with van der Waals surface area (Å²) in [6.07, 6.45) is 1.49. The Morgan fingerprint density at radius 3 is 2.59 bits per heavy atom. The molecule has 2 aromatic carbocycles. The fraction of sp³-hybridized carbons (Fsp3) is 0.200. The fourth-order valence-corrected chi connectivity index (χ4v) is 2.66. The van der Waals surface area contributed by atoms with E-state index in [1.807, 2.05) is 32.0 Å². The molecule has 0 radical (unpaired) electrons. The van der Waals surface area contributed by atoms with Gasteiger partial charge < -0.3 is 14.6 Å². The quantitative estimate of drug-likeness (QED) is 0.738. The predicted octanol–water partition coefficient (Wildman–Crippen LogP) is 3.94. The first-order valence-electron chi connectivity index (χ1n) is 8.31. The molecule has 5 nitrogen and oxygen atoms in total. The van der Waals surface area contributed by atoms with Crippen LogP contribution in [-0.2, 0) is 6.54 Å². The first-order chi connectivity index (χ1) is 12.9. The molecule has 0 atom stereocenters. The highest BCUT2D eigenvalue weighted by Gasteiger charge is 2.12. The summed E-state index contributed by atoms with van der Waals surface area (Å²) < 4.78 is 33.4. The second kappa shape index (κ2) is 7.57. The second-order valence-electron chi connectivity index (χ2n) is 6.26. The summed E-state index contributed by atoms with van der Waals surface area (Å²) in [5.41, 5.74) is 2.82. The second-order valence-corrected chi connectivity index (χ2v) is 6.26. The minimum absolute atomic E-state index is 0.0593. The molecule has 0 aliphatic rings. The number of ether oxygens (including phenoxy) is 1. The van der Waals surface area contributed by atoms with Crippen molar-refractivity contribution in [2.24, 2.45) is 0 Å². The molecule has 0 aliphatic carbocycles. The zero-order valence-corrected chi connectivity index (χ0v) is 15.2. The highest BCUT2D eigenvalue weighted by atomic mass is 19.2. The minimum Gasteiger partial charge on any atom is -0.490 e. The van der Waals surface area contributed by atoms with Crippen LogP contribution in [0.2, 0.25) is 0 Å². The van der Waals surface area contributed by atoms with Gasteiger partial charge >= 0.3 is 5.56 Å². The molecule has 0 unspecified atom stereocenters. The van der Waals surface area contributed by atoms with E-state index in [1.54, 1.807) is 4.57 Å². The van der Waals surface area contributed by atoms with Crippen LogP contribution >= 0.6 is 0 Å². The van der Waals surface area contributed by atoms with Gasteiger partial charge in [-0.3, -0.25) is 4.79 Å². The normalized spacial score (nSPS) is 10.7. The zero-order chi connectivity index (χ0) is 19.6. The molecule has 0 amide bonds. The van der Waals surface area contributed by atoms with Crippen LogP contribution in [0.15, 0.2) is 47.4 Å². The van der Waals surface area contributed by atoms with Crippen molar-refractivity contribution in [3.05, 3.63) is 81.3 Å². The number of methoxy groups -OCH3 is 1. The van der Waals surface area contributed by atoms with Crippen LogP contribution < -0.4 is 15.6 Å². The van der Waals surface area contributed by atoms with E-state index in [9.17, 15) is 13.6 Å². The number of rotatable bonds is 5. The Bertz CT molecular complexity index is 1050. The number of nitrogens with zero attached hydrogens (tertiary/aromatic N) is 2. The molecule has 0 fully saturated rings. The summed E-state index contributed by atoms with van der Waals surface area (Å²) in [4.78, 5) is 16.2. The average molecular weight is 371 g/mol. The monoisotopic (exact) mass is 371 g/mol. The fourth-order valence-electron chi connectivity index (χ4n) is 2.66. The van der Waals surface area contributed by atoms with Crippen LogP contribution in [0.4, 0.5) is 20.4 Å². The third-order valence-corrected chi connectivity index (χ3v) is 4.16. The zero-order valence-electron chi connectivity index (χ0n) is 15.2. The summed E-state index contributed by atoms with van der Waals surface area (Å²) in [5, 5.41) is 3.15. The lowest BCUT2D eigenvalue weighted by Gasteiger charge is -2.16. The van der Waals surface area contributed by atoms with Crippen molar-refractivity contribution in [1.29, 1.82) is 0 Å². The number of halogens is 2. The summed E-state index contributed by atoms with van der Waals surface area (Å²) >= 11 is 0. The Morgan fingerprint density at radius 1 is 1.11 bits per heavy atom. The van der Waals surface area contributed by atoms with Crippen molar-refractivity contribution in [3.8, 4) is 5.75 Å². The lowest BCUT2D eigenvalue weighted by Crippen LogP contribution is -2.19. The molecule has 1 heterocycles. The van der Waals surface area contributed by atoms with E-state index in [4.69, 9.17) is 4.74 Å². The molecule has 0 saturated heterocycles. The van der Waals surface area contributed by atoms with Crippen molar-refractivity contribution < 1.29 is 13.5 Å². The molecule has 0 saturated carbocycles. The maximum absolute atomic E-state index is 13.5. The van der Waals surface area contributed by atoms with E-state index in [-0.39, 0.29) is 18.2 Å². The molecule has 140 valence electrons. The highest BCUT2D eigenvalue weighted by Crippen LogP contribution is 2.22. The lowest BCUT2D eigenvalue weighted by molar-refractivity contribution is 0.402. The van der Waals surface area contributed by atoms with Gasteiger partial charge in [-0.1, -0.05) is 18.2 Å². The molecule has 0 spiro atoms. The van der Waals surface area contributed by atoms with Crippen molar-refractivity contribution >= 4 is 11.6 Å². The molecule has 3 aromatic rings. The van der Waals surface area contributed by atoms with Crippen LogP contribution in [-0.4, -0.2) is 16.7 Å². The van der Waals surface area contributed by atoms with Gasteiger partial charge in [-0.2, -0.15) is 4.98 Å². The maximum atomic E-state index is 13.5. The topological polar surface area (TPSA) is 56.1 Å². The average Bonchev–Trinajstić information content (AvgIpc) is 2.63. The Labute approximate surface area is 155 Å². The van der Waals surface area contributed by atoms with E-state index in [0.29, 0.717) is 5.56 Å². The van der Waals surface area contributed by atoms with Gasteiger partial charge in [0.05, 0.1) is 19.9 Å². The Balaban J connectivity index is 2.04. The molecular formula is C20H19F2N3O2. The molecule has 0 bridgehead atoms. The molecule has 1 N–H and O–H groups in total. The van der Waals surface area contributed by atoms with E-state index >= 15 is 0 Å². The van der Waals surface area contributed by atoms with Crippen LogP contribution in [0.5, 0.6) is 5.75 Å². The molecule has 27 heavy (non-hydrogen) atoms. The summed E-state index contributed by atoms with van der Waals surface area (Å²) in [6, 6.07) is 9.53. The van der Waals surface area contributed by atoms with Gasteiger partial charge in [-0.15, -0.1) is 0 Å². The molecule has 7 heteroatoms. The number of aromatic nitrogens is 2. The van der Waals surface area contributed by atoms with Crippen molar-refractivity contribution in [3.63, 3.8) is 0 Å². The summed E-state index contributed by atoms with van der Waals surface area (Å²) in [6.45, 7) is 4.07. The van der Waals surface area contributed by atoms with Crippen molar-refractivity contribution in [2.75, 3.05) is 12.4 Å². The lowest BCUT2D eigenvalue weighted by atomic mass is 10.1. The number of benzene rings is 2. The summed E-state index contributed by atoms with van der Waals surface area (Å²) in [7, 11) is 1.37. The largest absolute Gasteiger partial charge is 0.490 e. The SMILES string of the molecule is COc1cn(Cc2ccc(F)c(F)c2)c(Nc2cc(C)ccc2C)nc1=O. The summed E-state index contributed by atoms with van der Waals surface area (Å²) in [5.74, 6) is -1.51. The van der Waals surface area contributed by atoms with E-state index in [1.165, 1.54) is 19.4 Å². The third-order valence-electron chi connectivity index (χ3n) is 4.16. The van der Waals surface area contributed by atoms with Crippen LogP contribution in [0.1, 0.15) is 16.7 Å². The number of aryl methyl sites for hydroxylation is 2. The minimum atomic E-state index is -0.933. The predicted molar refractivity (Wildman–Crippen MR) is 99.7 cm³/mol. The van der Waals surface area contributed by atoms with Crippen LogP contribution in [0.3, 0.4) is 0 Å². The van der Waals surface area contributed by atoms with E-state index < -0.39 is 17.2 Å². The first kappa shape index (κ1) is 18.6. The number of anilines is 2. The van der Waals surface area contributed by atoms with Gasteiger partial charge in [0.15, 0.2) is 11.6 Å². The maximum Gasteiger partial charge on any atom is 0.316 e. The van der Waals surface area contributed by atoms with Gasteiger partial charge in [-0.05, 0) is 48.7 Å². The van der Waals surface area contributed by atoms with Crippen molar-refractivity contribution in [1.82, 2.24) is 9.55 Å². The molecule has 3 rings (SSSR count). The first-order valence-corrected chi connectivity index (χ1v) is 8.31. The van der Waals surface area contributed by atoms with Crippen LogP contribution in [0.25, 0.3) is 0 Å². The van der Waals surface area contributed by atoms with E-state index in [2.05, 4.69) is 10.3 Å². The molecule has 1 aromatic heterocycles. The van der Waals surface area contributed by atoms with Crippen LogP contribution in [0, 0.1) is 25.5 Å². The number of hydrogen-bond acceptors (Lipinski definition) is 4.